The van der Waals surface area contributed by atoms with E-state index in [1.165, 1.54) is 0 Å². The van der Waals surface area contributed by atoms with E-state index in [2.05, 4.69) is 10.6 Å². The molecule has 2 rings (SSSR count). The molecule has 0 fully saturated rings. The summed E-state index contributed by atoms with van der Waals surface area (Å²) < 4.78 is 10.5. The van der Waals surface area contributed by atoms with Crippen LogP contribution in [0.5, 0.6) is 0 Å². The zero-order valence-corrected chi connectivity index (χ0v) is 22.4. The third-order valence-electron chi connectivity index (χ3n) is 5.76. The van der Waals surface area contributed by atoms with E-state index in [0.29, 0.717) is 51.7 Å². The number of amides is 2. The second-order valence-corrected chi connectivity index (χ2v) is 9.16. The van der Waals surface area contributed by atoms with Crippen LogP contribution < -0.4 is 10.6 Å². The Morgan fingerprint density at radius 3 is 1.34 bits per heavy atom. The van der Waals surface area contributed by atoms with E-state index >= 15 is 0 Å². The SMILES string of the molecule is CCCOC(=O)C(Cc1ccccc1)NC(=O)CCCCC(=O)NC(Cc1ccccc1)C(=O)OCCC. The smallest absolute Gasteiger partial charge is 0.328 e. The normalized spacial score (nSPS) is 12.2. The molecule has 0 aliphatic carbocycles. The van der Waals surface area contributed by atoms with Crippen LogP contribution in [0.15, 0.2) is 60.7 Å². The van der Waals surface area contributed by atoms with Gasteiger partial charge in [-0.05, 0) is 36.8 Å². The number of carbonyl (C=O) groups excluding carboxylic acids is 4. The lowest BCUT2D eigenvalue weighted by Gasteiger charge is -2.18. The molecule has 2 atom stereocenters. The summed E-state index contributed by atoms with van der Waals surface area (Å²) in [6.45, 7) is 4.41. The fourth-order valence-electron chi connectivity index (χ4n) is 3.80. The largest absolute Gasteiger partial charge is 0.464 e. The predicted octanol–water partition coefficient (Wildman–Crippen LogP) is 3.91. The molecule has 206 valence electrons. The van der Waals surface area contributed by atoms with E-state index in [0.717, 1.165) is 11.1 Å². The third kappa shape index (κ3) is 12.0. The van der Waals surface area contributed by atoms with E-state index in [1.807, 2.05) is 74.5 Å². The molecule has 8 nitrogen and oxygen atoms in total. The van der Waals surface area contributed by atoms with Crippen LogP contribution in [-0.4, -0.2) is 49.1 Å². The summed E-state index contributed by atoms with van der Waals surface area (Å²) in [5.74, 6) is -1.46. The van der Waals surface area contributed by atoms with Crippen molar-refractivity contribution in [1.29, 1.82) is 0 Å². The molecule has 0 aromatic heterocycles. The summed E-state index contributed by atoms with van der Waals surface area (Å²) in [5.41, 5.74) is 1.84. The maximum absolute atomic E-state index is 12.6. The number of carbonyl (C=O) groups is 4. The number of esters is 2. The zero-order chi connectivity index (χ0) is 27.6. The van der Waals surface area contributed by atoms with Crippen LogP contribution in [0.2, 0.25) is 0 Å². The summed E-state index contributed by atoms with van der Waals surface area (Å²) in [5, 5.41) is 5.56. The Bertz CT molecular complexity index is 915. The van der Waals surface area contributed by atoms with E-state index < -0.39 is 24.0 Å². The van der Waals surface area contributed by atoms with Gasteiger partial charge in [0.25, 0.3) is 0 Å². The van der Waals surface area contributed by atoms with Crippen molar-refractivity contribution in [2.45, 2.75) is 77.3 Å². The Hall–Kier alpha value is -3.68. The second kappa shape index (κ2) is 17.7. The summed E-state index contributed by atoms with van der Waals surface area (Å²) in [4.78, 5) is 50.1. The molecule has 0 bridgehead atoms. The third-order valence-corrected chi connectivity index (χ3v) is 5.76. The highest BCUT2D eigenvalue weighted by atomic mass is 16.5. The van der Waals surface area contributed by atoms with E-state index in [1.54, 1.807) is 0 Å². The molecule has 0 aliphatic rings. The van der Waals surface area contributed by atoms with Crippen molar-refractivity contribution < 1.29 is 28.7 Å². The fourth-order valence-corrected chi connectivity index (χ4v) is 3.80. The number of ether oxygens (including phenoxy) is 2. The average Bonchev–Trinajstić information content (AvgIpc) is 2.93. The Kier molecular flexibility index (Phi) is 14.2. The molecular formula is C30H40N2O6. The first kappa shape index (κ1) is 30.5. The Morgan fingerprint density at radius 1 is 0.632 bits per heavy atom. The van der Waals surface area contributed by atoms with Crippen molar-refractivity contribution in [3.8, 4) is 0 Å². The summed E-state index contributed by atoms with van der Waals surface area (Å²) in [6.07, 6.45) is 3.35. The zero-order valence-electron chi connectivity index (χ0n) is 22.4. The first-order chi connectivity index (χ1) is 18.4. The van der Waals surface area contributed by atoms with Crippen LogP contribution >= 0.6 is 0 Å². The van der Waals surface area contributed by atoms with E-state index in [4.69, 9.17) is 9.47 Å². The maximum Gasteiger partial charge on any atom is 0.328 e. The molecular weight excluding hydrogens is 484 g/mol. The van der Waals surface area contributed by atoms with Gasteiger partial charge in [-0.3, -0.25) is 9.59 Å². The number of benzene rings is 2. The minimum atomic E-state index is -0.771. The molecule has 38 heavy (non-hydrogen) atoms. The average molecular weight is 525 g/mol. The first-order valence-corrected chi connectivity index (χ1v) is 13.4. The molecule has 0 saturated carbocycles. The van der Waals surface area contributed by atoms with Gasteiger partial charge in [0.2, 0.25) is 11.8 Å². The van der Waals surface area contributed by atoms with Crippen molar-refractivity contribution in [2.24, 2.45) is 0 Å². The van der Waals surface area contributed by atoms with Gasteiger partial charge in [0.1, 0.15) is 12.1 Å². The van der Waals surface area contributed by atoms with Gasteiger partial charge in [0, 0.05) is 25.7 Å². The van der Waals surface area contributed by atoms with Crippen molar-refractivity contribution >= 4 is 23.8 Å². The summed E-state index contributed by atoms with van der Waals surface area (Å²) in [7, 11) is 0. The lowest BCUT2D eigenvalue weighted by atomic mass is 10.0. The molecule has 0 aliphatic heterocycles. The highest BCUT2D eigenvalue weighted by Crippen LogP contribution is 2.09. The minimum Gasteiger partial charge on any atom is -0.464 e. The van der Waals surface area contributed by atoms with Crippen LogP contribution in [0.3, 0.4) is 0 Å². The highest BCUT2D eigenvalue weighted by molar-refractivity contribution is 5.85. The first-order valence-electron chi connectivity index (χ1n) is 13.4. The van der Waals surface area contributed by atoms with E-state index in [-0.39, 0.29) is 24.7 Å². The van der Waals surface area contributed by atoms with Crippen molar-refractivity contribution in [2.75, 3.05) is 13.2 Å². The van der Waals surface area contributed by atoms with Gasteiger partial charge >= 0.3 is 11.9 Å². The topological polar surface area (TPSA) is 111 Å². The maximum atomic E-state index is 12.6. The molecule has 2 aromatic rings. The number of nitrogens with one attached hydrogen (secondary N) is 2. The van der Waals surface area contributed by atoms with Crippen molar-refractivity contribution in [3.05, 3.63) is 71.8 Å². The Morgan fingerprint density at radius 2 is 1.00 bits per heavy atom. The van der Waals surface area contributed by atoms with Crippen molar-refractivity contribution in [1.82, 2.24) is 10.6 Å². The molecule has 0 radical (unpaired) electrons. The van der Waals surface area contributed by atoms with Crippen molar-refractivity contribution in [3.63, 3.8) is 0 Å². The molecule has 0 saturated heterocycles. The summed E-state index contributed by atoms with van der Waals surface area (Å²) in [6, 6.07) is 17.3. The van der Waals surface area contributed by atoms with Gasteiger partial charge in [-0.15, -0.1) is 0 Å². The highest BCUT2D eigenvalue weighted by Gasteiger charge is 2.24. The van der Waals surface area contributed by atoms with Gasteiger partial charge in [-0.1, -0.05) is 74.5 Å². The molecule has 2 aromatic carbocycles. The fraction of sp³-hybridized carbons (Fsp3) is 0.467. The molecule has 8 heteroatoms. The molecule has 0 heterocycles. The Balaban J connectivity index is 1.82. The molecule has 2 unspecified atom stereocenters. The lowest BCUT2D eigenvalue weighted by molar-refractivity contribution is -0.148. The van der Waals surface area contributed by atoms with Crippen LogP contribution in [0, 0.1) is 0 Å². The van der Waals surface area contributed by atoms with Crippen LogP contribution in [0.4, 0.5) is 0 Å². The van der Waals surface area contributed by atoms with Crippen LogP contribution in [0.25, 0.3) is 0 Å². The van der Waals surface area contributed by atoms with Gasteiger partial charge in [0.05, 0.1) is 13.2 Å². The quantitative estimate of drug-likeness (QED) is 0.240. The number of rotatable bonds is 17. The van der Waals surface area contributed by atoms with Gasteiger partial charge < -0.3 is 20.1 Å². The number of hydrogen-bond acceptors (Lipinski definition) is 6. The molecule has 0 spiro atoms. The standard InChI is InChI=1S/C30H40N2O6/c1-3-19-37-29(35)25(21-23-13-7-5-8-14-23)31-27(33)17-11-12-18-28(34)32-26(30(36)38-20-4-2)22-24-15-9-6-10-16-24/h5-10,13-16,25-26H,3-4,11-12,17-22H2,1-2H3,(H,31,33)(H,32,34). The Labute approximate surface area is 225 Å². The molecule has 2 N–H and O–H groups in total. The molecule has 2 amide bonds. The monoisotopic (exact) mass is 524 g/mol. The van der Waals surface area contributed by atoms with Crippen LogP contribution in [0.1, 0.15) is 63.5 Å². The minimum absolute atomic E-state index is 0.172. The lowest BCUT2D eigenvalue weighted by Crippen LogP contribution is -2.43. The van der Waals surface area contributed by atoms with E-state index in [9.17, 15) is 19.2 Å². The van der Waals surface area contributed by atoms with Gasteiger partial charge in [-0.25, -0.2) is 9.59 Å². The second-order valence-electron chi connectivity index (χ2n) is 9.16. The number of hydrogen-bond donors (Lipinski definition) is 2. The summed E-state index contributed by atoms with van der Waals surface area (Å²) >= 11 is 0. The van der Waals surface area contributed by atoms with Gasteiger partial charge in [0.15, 0.2) is 0 Å². The van der Waals surface area contributed by atoms with Crippen LogP contribution in [-0.2, 0) is 41.5 Å². The predicted molar refractivity (Wildman–Crippen MR) is 145 cm³/mol. The van der Waals surface area contributed by atoms with Gasteiger partial charge in [-0.2, -0.15) is 0 Å². The number of unbranched alkanes of at least 4 members (excludes halogenated alkanes) is 1.